The average Bonchev–Trinajstić information content (AvgIpc) is 2.96. The molecule has 1 aromatic heterocycles. The molecule has 1 amide bonds. The van der Waals surface area contributed by atoms with Crippen LogP contribution in [0.1, 0.15) is 44.3 Å². The summed E-state index contributed by atoms with van der Waals surface area (Å²) in [5.74, 6) is 1.33. The maximum Gasteiger partial charge on any atom is 0.252 e. The Morgan fingerprint density at radius 3 is 3.14 bits per heavy atom. The average molecular weight is 322 g/mol. The summed E-state index contributed by atoms with van der Waals surface area (Å²) < 4.78 is 7.98. The number of rotatable bonds is 3. The van der Waals surface area contributed by atoms with Crippen LogP contribution in [0, 0.1) is 4.77 Å². The van der Waals surface area contributed by atoms with E-state index in [9.17, 15) is 4.79 Å². The molecule has 120 valence electrons. The fraction of sp³-hybridized carbons (Fsp3) is 0.667. The van der Waals surface area contributed by atoms with Crippen molar-refractivity contribution in [2.24, 2.45) is 0 Å². The second-order valence-electron chi connectivity index (χ2n) is 5.84. The van der Waals surface area contributed by atoms with Crippen molar-refractivity contribution in [3.05, 3.63) is 22.4 Å². The van der Waals surface area contributed by atoms with Crippen LogP contribution in [-0.2, 0) is 16.1 Å². The summed E-state index contributed by atoms with van der Waals surface area (Å²) in [6, 6.07) is 0. The maximum atomic E-state index is 12.6. The van der Waals surface area contributed by atoms with Gasteiger partial charge in [-0.3, -0.25) is 9.89 Å². The molecule has 2 aliphatic rings. The maximum absolute atomic E-state index is 12.6. The van der Waals surface area contributed by atoms with E-state index in [-0.39, 0.29) is 11.8 Å². The van der Waals surface area contributed by atoms with E-state index < -0.39 is 0 Å². The van der Waals surface area contributed by atoms with Gasteiger partial charge in [-0.15, -0.1) is 0 Å². The predicted octanol–water partition coefficient (Wildman–Crippen LogP) is 2.36. The molecular formula is C15H22N4O2S. The van der Waals surface area contributed by atoms with Gasteiger partial charge in [0.1, 0.15) is 5.82 Å². The molecule has 0 aliphatic carbocycles. The van der Waals surface area contributed by atoms with Crippen LogP contribution in [0.3, 0.4) is 0 Å². The van der Waals surface area contributed by atoms with Crippen LogP contribution in [0.2, 0.25) is 0 Å². The molecule has 6 nitrogen and oxygen atoms in total. The largest absolute Gasteiger partial charge is 0.501 e. The number of amides is 1. The van der Waals surface area contributed by atoms with Crippen molar-refractivity contribution in [2.75, 3.05) is 19.7 Å². The van der Waals surface area contributed by atoms with Gasteiger partial charge in [-0.2, -0.15) is 5.10 Å². The molecule has 7 heteroatoms. The highest BCUT2D eigenvalue weighted by Gasteiger charge is 2.29. The number of carbonyl (C=O) groups excluding carboxylic acids is 1. The molecule has 0 bridgehead atoms. The Morgan fingerprint density at radius 1 is 1.55 bits per heavy atom. The normalized spacial score (nSPS) is 22.1. The summed E-state index contributed by atoms with van der Waals surface area (Å²) in [5, 5.41) is 7.26. The molecular weight excluding hydrogens is 300 g/mol. The third kappa shape index (κ3) is 2.95. The first-order chi connectivity index (χ1) is 10.7. The van der Waals surface area contributed by atoms with Gasteiger partial charge in [0, 0.05) is 25.6 Å². The number of ether oxygens (including phenoxy) is 1. The number of piperidine rings is 1. The predicted molar refractivity (Wildman–Crippen MR) is 84.9 cm³/mol. The van der Waals surface area contributed by atoms with Crippen molar-refractivity contribution >= 4 is 18.1 Å². The van der Waals surface area contributed by atoms with E-state index in [0.29, 0.717) is 17.9 Å². The standard InChI is InChI=1S/C15H22N4O2S/c1-2-19-13(16-17-15(19)22)11-5-3-7-18(9-11)14(20)12-6-4-8-21-10-12/h10-11H,2-9H2,1H3,(H,17,22). The monoisotopic (exact) mass is 322 g/mol. The van der Waals surface area contributed by atoms with Gasteiger partial charge >= 0.3 is 0 Å². The van der Waals surface area contributed by atoms with E-state index in [1.807, 2.05) is 9.47 Å². The highest BCUT2D eigenvalue weighted by atomic mass is 32.1. The molecule has 0 spiro atoms. The highest BCUT2D eigenvalue weighted by Crippen LogP contribution is 2.27. The van der Waals surface area contributed by atoms with E-state index >= 15 is 0 Å². The summed E-state index contributed by atoms with van der Waals surface area (Å²) in [5.41, 5.74) is 0.793. The zero-order valence-corrected chi connectivity index (χ0v) is 13.7. The van der Waals surface area contributed by atoms with Crippen LogP contribution in [0.15, 0.2) is 11.8 Å². The molecule has 0 radical (unpaired) electrons. The topological polar surface area (TPSA) is 63.1 Å². The van der Waals surface area contributed by atoms with E-state index in [1.165, 1.54) is 0 Å². The molecule has 0 aromatic carbocycles. The lowest BCUT2D eigenvalue weighted by Gasteiger charge is -2.33. The van der Waals surface area contributed by atoms with Crippen LogP contribution < -0.4 is 0 Å². The van der Waals surface area contributed by atoms with E-state index in [4.69, 9.17) is 17.0 Å². The van der Waals surface area contributed by atoms with Crippen molar-refractivity contribution in [2.45, 2.75) is 45.1 Å². The molecule has 3 rings (SSSR count). The van der Waals surface area contributed by atoms with Gasteiger partial charge in [0.25, 0.3) is 5.91 Å². The van der Waals surface area contributed by atoms with Gasteiger partial charge in [-0.1, -0.05) is 0 Å². The van der Waals surface area contributed by atoms with Gasteiger partial charge < -0.3 is 14.2 Å². The first-order valence-corrected chi connectivity index (χ1v) is 8.36. The quantitative estimate of drug-likeness (QED) is 0.868. The zero-order valence-electron chi connectivity index (χ0n) is 12.9. The third-order valence-corrected chi connectivity index (χ3v) is 4.70. The Morgan fingerprint density at radius 2 is 2.41 bits per heavy atom. The Balaban J connectivity index is 1.75. The minimum Gasteiger partial charge on any atom is -0.501 e. The lowest BCUT2D eigenvalue weighted by molar-refractivity contribution is -0.128. The molecule has 1 N–H and O–H groups in total. The third-order valence-electron chi connectivity index (χ3n) is 4.39. The fourth-order valence-electron chi connectivity index (χ4n) is 3.24. The summed E-state index contributed by atoms with van der Waals surface area (Å²) in [6.45, 7) is 5.09. The molecule has 0 saturated carbocycles. The molecule has 1 fully saturated rings. The number of H-pyrrole nitrogens is 1. The van der Waals surface area contributed by atoms with E-state index in [1.54, 1.807) is 6.26 Å². The van der Waals surface area contributed by atoms with Crippen molar-refractivity contribution in [3.8, 4) is 0 Å². The molecule has 2 aliphatic heterocycles. The fourth-order valence-corrected chi connectivity index (χ4v) is 3.51. The SMILES string of the molecule is CCn1c(C2CCCN(C(=O)C3=COCCC3)C2)n[nH]c1=S. The first-order valence-electron chi connectivity index (χ1n) is 7.95. The Labute approximate surface area is 135 Å². The smallest absolute Gasteiger partial charge is 0.252 e. The molecule has 1 aromatic rings. The van der Waals surface area contributed by atoms with Crippen molar-refractivity contribution in [1.29, 1.82) is 0 Å². The lowest BCUT2D eigenvalue weighted by Crippen LogP contribution is -2.40. The van der Waals surface area contributed by atoms with Crippen molar-refractivity contribution < 1.29 is 9.53 Å². The number of nitrogens with one attached hydrogen (secondary N) is 1. The van der Waals surface area contributed by atoms with Crippen LogP contribution in [-0.4, -0.2) is 45.3 Å². The minimum absolute atomic E-state index is 0.113. The van der Waals surface area contributed by atoms with E-state index in [0.717, 1.165) is 50.2 Å². The lowest BCUT2D eigenvalue weighted by atomic mass is 9.96. The first kappa shape index (κ1) is 15.3. The number of likely N-dealkylation sites (tertiary alicyclic amines) is 1. The van der Waals surface area contributed by atoms with Gasteiger partial charge in [0.2, 0.25) is 0 Å². The summed E-state index contributed by atoms with van der Waals surface area (Å²) in [6.07, 6.45) is 5.40. The molecule has 1 saturated heterocycles. The molecule has 1 unspecified atom stereocenters. The minimum atomic E-state index is 0.113. The van der Waals surface area contributed by atoms with Gasteiger partial charge in [0.05, 0.1) is 18.4 Å². The number of carbonyl (C=O) groups is 1. The second-order valence-corrected chi connectivity index (χ2v) is 6.23. The zero-order chi connectivity index (χ0) is 15.5. The second kappa shape index (κ2) is 6.64. The number of nitrogens with zero attached hydrogens (tertiary/aromatic N) is 3. The highest BCUT2D eigenvalue weighted by molar-refractivity contribution is 7.71. The number of aromatic nitrogens is 3. The van der Waals surface area contributed by atoms with Gasteiger partial charge in [-0.05, 0) is 44.8 Å². The number of aromatic amines is 1. The number of hydrogen-bond acceptors (Lipinski definition) is 4. The Kier molecular flexibility index (Phi) is 4.61. The molecule has 22 heavy (non-hydrogen) atoms. The molecule has 1 atom stereocenters. The Bertz CT molecular complexity index is 634. The van der Waals surface area contributed by atoms with Crippen LogP contribution >= 0.6 is 12.2 Å². The summed E-state index contributed by atoms with van der Waals surface area (Å²) >= 11 is 5.26. The van der Waals surface area contributed by atoms with Crippen molar-refractivity contribution in [3.63, 3.8) is 0 Å². The van der Waals surface area contributed by atoms with E-state index in [2.05, 4.69) is 17.1 Å². The Hall–Kier alpha value is -1.63. The van der Waals surface area contributed by atoms with Crippen molar-refractivity contribution in [1.82, 2.24) is 19.7 Å². The van der Waals surface area contributed by atoms with Gasteiger partial charge in [-0.25, -0.2) is 0 Å². The van der Waals surface area contributed by atoms with Crippen LogP contribution in [0.4, 0.5) is 0 Å². The van der Waals surface area contributed by atoms with Crippen LogP contribution in [0.25, 0.3) is 0 Å². The van der Waals surface area contributed by atoms with Gasteiger partial charge in [0.15, 0.2) is 4.77 Å². The number of hydrogen-bond donors (Lipinski definition) is 1. The molecule has 3 heterocycles. The summed E-state index contributed by atoms with van der Waals surface area (Å²) in [7, 11) is 0. The summed E-state index contributed by atoms with van der Waals surface area (Å²) in [4.78, 5) is 14.5. The van der Waals surface area contributed by atoms with Crippen LogP contribution in [0.5, 0.6) is 0 Å².